The molecule has 0 atom stereocenters. The molecule has 1 amide bonds. The third-order valence-electron chi connectivity index (χ3n) is 3.46. The van der Waals surface area contributed by atoms with Crippen LogP contribution in [-0.2, 0) is 4.74 Å². The van der Waals surface area contributed by atoms with Gasteiger partial charge >= 0.3 is 6.09 Å². The molecule has 0 aromatic heterocycles. The fourth-order valence-corrected chi connectivity index (χ4v) is 2.13. The molecular formula is C11H21NO2. The Kier molecular flexibility index (Phi) is 3.78. The Morgan fingerprint density at radius 3 is 2.43 bits per heavy atom. The molecular weight excluding hydrogens is 178 g/mol. The van der Waals surface area contributed by atoms with E-state index < -0.39 is 0 Å². The summed E-state index contributed by atoms with van der Waals surface area (Å²) >= 11 is 0. The van der Waals surface area contributed by atoms with Crippen molar-refractivity contribution >= 4 is 6.09 Å². The van der Waals surface area contributed by atoms with Gasteiger partial charge in [0.05, 0.1) is 6.61 Å². The molecule has 0 unspecified atom stereocenters. The normalized spacial score (nSPS) is 19.8. The van der Waals surface area contributed by atoms with E-state index in [2.05, 4.69) is 13.8 Å². The maximum absolute atomic E-state index is 11.5. The zero-order valence-corrected chi connectivity index (χ0v) is 9.51. The van der Waals surface area contributed by atoms with Gasteiger partial charge in [-0.05, 0) is 31.6 Å². The van der Waals surface area contributed by atoms with E-state index in [1.165, 1.54) is 0 Å². The van der Waals surface area contributed by atoms with E-state index in [0.717, 1.165) is 32.4 Å². The lowest BCUT2D eigenvalue weighted by atomic mass is 9.82. The van der Waals surface area contributed by atoms with Crippen LogP contribution in [0.3, 0.4) is 0 Å². The first-order chi connectivity index (χ1) is 6.67. The van der Waals surface area contributed by atoms with Crippen molar-refractivity contribution in [2.45, 2.75) is 40.0 Å². The van der Waals surface area contributed by atoms with E-state index in [9.17, 15) is 4.79 Å². The Bertz CT molecular complexity index is 199. The van der Waals surface area contributed by atoms with Crippen molar-refractivity contribution in [3.8, 4) is 0 Å². The van der Waals surface area contributed by atoms with Crippen LogP contribution in [0.2, 0.25) is 0 Å². The third-order valence-corrected chi connectivity index (χ3v) is 3.46. The van der Waals surface area contributed by atoms with Gasteiger partial charge in [0.2, 0.25) is 0 Å². The number of carbonyl (C=O) groups is 1. The number of rotatable bonds is 3. The Balaban J connectivity index is 2.51. The predicted octanol–water partition coefficient (Wildman–Crippen LogP) is 2.66. The molecule has 0 N–H and O–H groups in total. The van der Waals surface area contributed by atoms with Gasteiger partial charge in [-0.2, -0.15) is 0 Å². The Labute approximate surface area is 86.4 Å². The monoisotopic (exact) mass is 199 g/mol. The highest BCUT2D eigenvalue weighted by Crippen LogP contribution is 2.36. The Morgan fingerprint density at radius 2 is 2.00 bits per heavy atom. The van der Waals surface area contributed by atoms with E-state index in [4.69, 9.17) is 4.74 Å². The predicted molar refractivity (Wildman–Crippen MR) is 56.2 cm³/mol. The van der Waals surface area contributed by atoms with Crippen molar-refractivity contribution in [1.29, 1.82) is 0 Å². The van der Waals surface area contributed by atoms with Crippen molar-refractivity contribution in [2.24, 2.45) is 5.41 Å². The van der Waals surface area contributed by atoms with E-state index in [1.54, 1.807) is 0 Å². The van der Waals surface area contributed by atoms with E-state index in [-0.39, 0.29) is 6.09 Å². The fraction of sp³-hybridized carbons (Fsp3) is 0.909. The summed E-state index contributed by atoms with van der Waals surface area (Å²) in [6.45, 7) is 8.47. The van der Waals surface area contributed by atoms with E-state index >= 15 is 0 Å². The molecule has 0 aromatic carbocycles. The zero-order chi connectivity index (χ0) is 10.6. The summed E-state index contributed by atoms with van der Waals surface area (Å²) in [7, 11) is 0. The number of carbonyl (C=O) groups excluding carboxylic acids is 1. The molecule has 0 saturated carbocycles. The molecule has 14 heavy (non-hydrogen) atoms. The summed E-state index contributed by atoms with van der Waals surface area (Å²) in [6, 6.07) is 0. The quantitative estimate of drug-likeness (QED) is 0.699. The molecule has 1 heterocycles. The maximum Gasteiger partial charge on any atom is 0.409 e. The summed E-state index contributed by atoms with van der Waals surface area (Å²) in [4.78, 5) is 13.3. The van der Waals surface area contributed by atoms with E-state index in [1.807, 2.05) is 11.8 Å². The van der Waals surface area contributed by atoms with Crippen LogP contribution in [0.25, 0.3) is 0 Å². The lowest BCUT2D eigenvalue weighted by Crippen LogP contribution is -2.32. The molecule has 1 saturated heterocycles. The van der Waals surface area contributed by atoms with Gasteiger partial charge in [0.25, 0.3) is 0 Å². The highest BCUT2D eigenvalue weighted by molar-refractivity contribution is 5.68. The summed E-state index contributed by atoms with van der Waals surface area (Å²) < 4.78 is 5.00. The maximum atomic E-state index is 11.5. The number of amides is 1. The van der Waals surface area contributed by atoms with Crippen LogP contribution >= 0.6 is 0 Å². The molecule has 0 radical (unpaired) electrons. The summed E-state index contributed by atoms with van der Waals surface area (Å²) in [5.74, 6) is 0. The first kappa shape index (κ1) is 11.3. The minimum absolute atomic E-state index is 0.142. The molecule has 1 rings (SSSR count). The fourth-order valence-electron chi connectivity index (χ4n) is 2.13. The second-order valence-corrected chi connectivity index (χ2v) is 4.08. The Hall–Kier alpha value is -0.730. The lowest BCUT2D eigenvalue weighted by Gasteiger charge is -2.25. The lowest BCUT2D eigenvalue weighted by molar-refractivity contribution is 0.110. The smallest absolute Gasteiger partial charge is 0.409 e. The van der Waals surface area contributed by atoms with Gasteiger partial charge in [-0.25, -0.2) is 4.79 Å². The molecule has 0 spiro atoms. The zero-order valence-electron chi connectivity index (χ0n) is 9.51. The molecule has 0 aliphatic carbocycles. The highest BCUT2D eigenvalue weighted by atomic mass is 16.6. The minimum Gasteiger partial charge on any atom is -0.450 e. The minimum atomic E-state index is -0.142. The molecule has 1 aliphatic rings. The number of likely N-dealkylation sites (tertiary alicyclic amines) is 1. The van der Waals surface area contributed by atoms with Crippen LogP contribution < -0.4 is 0 Å². The average molecular weight is 199 g/mol. The van der Waals surface area contributed by atoms with Crippen molar-refractivity contribution in [1.82, 2.24) is 4.90 Å². The third kappa shape index (κ3) is 2.20. The van der Waals surface area contributed by atoms with Crippen molar-refractivity contribution in [3.63, 3.8) is 0 Å². The number of hydrogen-bond donors (Lipinski definition) is 0. The first-order valence-corrected chi connectivity index (χ1v) is 5.59. The van der Waals surface area contributed by atoms with Crippen LogP contribution in [0.1, 0.15) is 40.0 Å². The summed E-state index contributed by atoms with van der Waals surface area (Å²) in [5.41, 5.74) is 0.354. The first-order valence-electron chi connectivity index (χ1n) is 5.59. The molecule has 1 fully saturated rings. The van der Waals surface area contributed by atoms with Crippen LogP contribution in [0.15, 0.2) is 0 Å². The van der Waals surface area contributed by atoms with Crippen molar-refractivity contribution in [3.05, 3.63) is 0 Å². The Morgan fingerprint density at radius 1 is 1.36 bits per heavy atom. The summed E-state index contributed by atoms with van der Waals surface area (Å²) in [5, 5.41) is 0. The van der Waals surface area contributed by atoms with Crippen LogP contribution in [0.5, 0.6) is 0 Å². The van der Waals surface area contributed by atoms with Crippen molar-refractivity contribution < 1.29 is 9.53 Å². The molecule has 3 nitrogen and oxygen atoms in total. The van der Waals surface area contributed by atoms with Gasteiger partial charge < -0.3 is 9.64 Å². The topological polar surface area (TPSA) is 29.5 Å². The van der Waals surface area contributed by atoms with Crippen LogP contribution in [-0.4, -0.2) is 30.7 Å². The van der Waals surface area contributed by atoms with Crippen molar-refractivity contribution in [2.75, 3.05) is 19.7 Å². The second-order valence-electron chi connectivity index (χ2n) is 4.08. The molecule has 82 valence electrons. The van der Waals surface area contributed by atoms with Gasteiger partial charge in [0.1, 0.15) is 0 Å². The largest absolute Gasteiger partial charge is 0.450 e. The van der Waals surface area contributed by atoms with Gasteiger partial charge in [-0.1, -0.05) is 13.8 Å². The standard InChI is InChI=1S/C11H21NO2/c1-4-11(5-2)7-8-12(9-11)10(13)14-6-3/h4-9H2,1-3H3. The van der Waals surface area contributed by atoms with E-state index in [0.29, 0.717) is 12.0 Å². The number of nitrogens with zero attached hydrogens (tertiary/aromatic N) is 1. The van der Waals surface area contributed by atoms with Crippen LogP contribution in [0.4, 0.5) is 4.79 Å². The SMILES string of the molecule is CCOC(=O)N1CCC(CC)(CC)C1. The van der Waals surface area contributed by atoms with Gasteiger partial charge in [0, 0.05) is 13.1 Å². The molecule has 3 heteroatoms. The second kappa shape index (κ2) is 4.67. The number of hydrogen-bond acceptors (Lipinski definition) is 2. The summed E-state index contributed by atoms with van der Waals surface area (Å²) in [6.07, 6.45) is 3.29. The molecule has 0 bridgehead atoms. The molecule has 1 aliphatic heterocycles. The number of ether oxygens (including phenoxy) is 1. The molecule has 0 aromatic rings. The van der Waals surface area contributed by atoms with Gasteiger partial charge in [-0.15, -0.1) is 0 Å². The van der Waals surface area contributed by atoms with Crippen LogP contribution in [0, 0.1) is 5.41 Å². The highest BCUT2D eigenvalue weighted by Gasteiger charge is 2.37. The van der Waals surface area contributed by atoms with Gasteiger partial charge in [0.15, 0.2) is 0 Å². The van der Waals surface area contributed by atoms with Gasteiger partial charge in [-0.3, -0.25) is 0 Å². The average Bonchev–Trinajstić information content (AvgIpc) is 2.63.